The Bertz CT molecular complexity index is 647. The predicted octanol–water partition coefficient (Wildman–Crippen LogP) is 7.33. The fourth-order valence-corrected chi connectivity index (χ4v) is 4.80. The van der Waals surface area contributed by atoms with Crippen LogP contribution in [0.15, 0.2) is 60.7 Å². The van der Waals surface area contributed by atoms with Gasteiger partial charge < -0.3 is 0 Å². The zero-order chi connectivity index (χ0) is 19.5. The van der Waals surface area contributed by atoms with Gasteiger partial charge in [0.05, 0.1) is 0 Å². The van der Waals surface area contributed by atoms with E-state index in [9.17, 15) is 4.79 Å². The number of ketones is 1. The molecule has 0 radical (unpaired) electrons. The van der Waals surface area contributed by atoms with Gasteiger partial charge in [-0.25, -0.2) is 0 Å². The first-order chi connectivity index (χ1) is 13.8. The highest BCUT2D eigenvalue weighted by Gasteiger charge is 2.37. The molecule has 0 spiro atoms. The van der Waals surface area contributed by atoms with Crippen LogP contribution in [-0.2, 0) is 17.6 Å². The first-order valence-electron chi connectivity index (χ1n) is 11.4. The van der Waals surface area contributed by atoms with Gasteiger partial charge in [0, 0.05) is 11.8 Å². The lowest BCUT2D eigenvalue weighted by Crippen LogP contribution is -2.36. The third kappa shape index (κ3) is 6.33. The molecular weight excluding hydrogens is 340 g/mol. The molecule has 2 aromatic carbocycles. The van der Waals surface area contributed by atoms with E-state index >= 15 is 0 Å². The van der Waals surface area contributed by atoms with Crippen molar-refractivity contribution >= 4 is 5.78 Å². The molecule has 0 amide bonds. The van der Waals surface area contributed by atoms with Crippen molar-refractivity contribution in [2.45, 2.75) is 83.5 Å². The quantitative estimate of drug-likeness (QED) is 0.546. The summed E-state index contributed by atoms with van der Waals surface area (Å²) in [5.41, 5.74) is 2.35. The molecule has 0 heterocycles. The van der Waals surface area contributed by atoms with Crippen LogP contribution in [0.4, 0.5) is 0 Å². The molecule has 1 heteroatoms. The van der Waals surface area contributed by atoms with Crippen molar-refractivity contribution in [3.05, 3.63) is 71.8 Å². The van der Waals surface area contributed by atoms with E-state index in [1.807, 2.05) is 0 Å². The molecule has 1 nitrogen and oxygen atoms in total. The van der Waals surface area contributed by atoms with Crippen molar-refractivity contribution in [2.75, 3.05) is 0 Å². The largest absolute Gasteiger partial charge is 0.299 e. The van der Waals surface area contributed by atoms with E-state index in [0.717, 1.165) is 32.1 Å². The summed E-state index contributed by atoms with van der Waals surface area (Å²) in [7, 11) is 0. The Labute approximate surface area is 171 Å². The van der Waals surface area contributed by atoms with Gasteiger partial charge in [0.2, 0.25) is 0 Å². The third-order valence-corrected chi connectivity index (χ3v) is 6.42. The van der Waals surface area contributed by atoms with E-state index in [0.29, 0.717) is 5.78 Å². The molecular formula is C27H36O. The zero-order valence-corrected chi connectivity index (χ0v) is 17.4. The van der Waals surface area contributed by atoms with Crippen LogP contribution in [0.2, 0.25) is 0 Å². The maximum atomic E-state index is 13.6. The minimum absolute atomic E-state index is 0.253. The Morgan fingerprint density at radius 2 is 1.00 bits per heavy atom. The highest BCUT2D eigenvalue weighted by atomic mass is 16.1. The van der Waals surface area contributed by atoms with Crippen LogP contribution in [0.3, 0.4) is 0 Å². The summed E-state index contributed by atoms with van der Waals surface area (Å²) in [6.45, 7) is 0. The smallest absolute Gasteiger partial charge is 0.139 e. The minimum Gasteiger partial charge on any atom is -0.299 e. The number of Topliss-reactive ketones (excluding diaryl/α,β-unsaturated/α-hetero) is 1. The van der Waals surface area contributed by atoms with Crippen LogP contribution in [0.25, 0.3) is 0 Å². The number of benzene rings is 2. The molecule has 3 rings (SSSR count). The maximum Gasteiger partial charge on any atom is 0.139 e. The highest BCUT2D eigenvalue weighted by Crippen LogP contribution is 2.37. The van der Waals surface area contributed by atoms with E-state index in [2.05, 4.69) is 60.7 Å². The number of carbonyl (C=O) groups excluding carboxylic acids is 1. The molecule has 0 unspecified atom stereocenters. The van der Waals surface area contributed by atoms with Crippen molar-refractivity contribution in [1.82, 2.24) is 0 Å². The molecule has 0 aromatic heterocycles. The summed E-state index contributed by atoms with van der Waals surface area (Å²) < 4.78 is 0. The molecule has 0 bridgehead atoms. The number of hydrogen-bond acceptors (Lipinski definition) is 1. The Hall–Kier alpha value is -1.89. The average Bonchev–Trinajstić information content (AvgIpc) is 2.74. The van der Waals surface area contributed by atoms with E-state index in [1.165, 1.54) is 62.5 Å². The molecule has 1 saturated carbocycles. The second kappa shape index (κ2) is 11.2. The Kier molecular flexibility index (Phi) is 8.33. The van der Waals surface area contributed by atoms with E-state index < -0.39 is 0 Å². The standard InChI is InChI=1S/C27H36O/c28-26-20-14-6-4-2-1-3-5-7-15-21-27(26,22-24-16-10-8-11-17-24)23-25-18-12-9-13-19-25/h8-13,16-19H,1-7,14-15,20-23H2. The molecule has 150 valence electrons. The first-order valence-corrected chi connectivity index (χ1v) is 11.4. The molecule has 1 aliphatic carbocycles. The normalized spacial score (nSPS) is 19.2. The molecule has 0 aliphatic heterocycles. The number of hydrogen-bond donors (Lipinski definition) is 0. The van der Waals surface area contributed by atoms with Crippen LogP contribution in [0, 0.1) is 5.41 Å². The summed E-state index contributed by atoms with van der Waals surface area (Å²) in [5, 5.41) is 0. The van der Waals surface area contributed by atoms with Crippen LogP contribution in [0.5, 0.6) is 0 Å². The van der Waals surface area contributed by atoms with Gasteiger partial charge in [-0.05, 0) is 36.8 Å². The van der Waals surface area contributed by atoms with Crippen LogP contribution < -0.4 is 0 Å². The van der Waals surface area contributed by atoms with E-state index in [1.54, 1.807) is 0 Å². The van der Waals surface area contributed by atoms with Crippen molar-refractivity contribution in [3.63, 3.8) is 0 Å². The molecule has 0 saturated heterocycles. The highest BCUT2D eigenvalue weighted by molar-refractivity contribution is 5.85. The fourth-order valence-electron chi connectivity index (χ4n) is 4.80. The lowest BCUT2D eigenvalue weighted by molar-refractivity contribution is -0.129. The molecule has 28 heavy (non-hydrogen) atoms. The van der Waals surface area contributed by atoms with Gasteiger partial charge in [-0.15, -0.1) is 0 Å². The SMILES string of the molecule is O=C1CCCCCCCCCCCC1(Cc1ccccc1)Cc1ccccc1. The average molecular weight is 377 g/mol. The Morgan fingerprint density at radius 3 is 1.50 bits per heavy atom. The van der Waals surface area contributed by atoms with Crippen LogP contribution in [-0.4, -0.2) is 5.78 Å². The molecule has 2 aromatic rings. The fraction of sp³-hybridized carbons (Fsp3) is 0.519. The van der Waals surface area contributed by atoms with Gasteiger partial charge in [0.25, 0.3) is 0 Å². The second-order valence-electron chi connectivity index (χ2n) is 8.71. The van der Waals surface area contributed by atoms with Crippen molar-refractivity contribution in [2.24, 2.45) is 5.41 Å². The summed E-state index contributed by atoms with van der Waals surface area (Å²) in [4.78, 5) is 13.6. The lowest BCUT2D eigenvalue weighted by Gasteiger charge is -2.33. The van der Waals surface area contributed by atoms with Crippen LogP contribution in [0.1, 0.15) is 81.8 Å². The molecule has 1 aliphatic rings. The van der Waals surface area contributed by atoms with Gasteiger partial charge in [0.1, 0.15) is 5.78 Å². The van der Waals surface area contributed by atoms with Crippen molar-refractivity contribution < 1.29 is 4.79 Å². The molecule has 0 N–H and O–H groups in total. The zero-order valence-electron chi connectivity index (χ0n) is 17.4. The van der Waals surface area contributed by atoms with Gasteiger partial charge in [-0.2, -0.15) is 0 Å². The van der Waals surface area contributed by atoms with Gasteiger partial charge in [-0.1, -0.05) is 112 Å². The lowest BCUT2D eigenvalue weighted by atomic mass is 9.69. The van der Waals surface area contributed by atoms with Gasteiger partial charge >= 0.3 is 0 Å². The van der Waals surface area contributed by atoms with E-state index in [-0.39, 0.29) is 5.41 Å². The van der Waals surface area contributed by atoms with Crippen molar-refractivity contribution in [3.8, 4) is 0 Å². The van der Waals surface area contributed by atoms with Gasteiger partial charge in [0.15, 0.2) is 0 Å². The third-order valence-electron chi connectivity index (χ3n) is 6.42. The maximum absolute atomic E-state index is 13.6. The monoisotopic (exact) mass is 376 g/mol. The summed E-state index contributed by atoms with van der Waals surface area (Å²) in [6, 6.07) is 21.3. The minimum atomic E-state index is -0.253. The Morgan fingerprint density at radius 1 is 0.571 bits per heavy atom. The summed E-state index contributed by atoms with van der Waals surface area (Å²) >= 11 is 0. The van der Waals surface area contributed by atoms with Crippen LogP contribution >= 0.6 is 0 Å². The predicted molar refractivity (Wildman–Crippen MR) is 119 cm³/mol. The number of rotatable bonds is 4. The summed E-state index contributed by atoms with van der Waals surface area (Å²) in [6.07, 6.45) is 14.9. The summed E-state index contributed by atoms with van der Waals surface area (Å²) in [5.74, 6) is 0.499. The second-order valence-corrected chi connectivity index (χ2v) is 8.71. The number of carbonyl (C=O) groups is 1. The first kappa shape index (κ1) is 20.8. The Balaban J connectivity index is 1.86. The molecule has 1 fully saturated rings. The topological polar surface area (TPSA) is 17.1 Å². The van der Waals surface area contributed by atoms with Crippen molar-refractivity contribution in [1.29, 1.82) is 0 Å². The molecule has 0 atom stereocenters. The van der Waals surface area contributed by atoms with E-state index in [4.69, 9.17) is 0 Å². The van der Waals surface area contributed by atoms with Gasteiger partial charge in [-0.3, -0.25) is 4.79 Å².